The zero-order chi connectivity index (χ0) is 18.3. The molecular formula is C16H26N3O5S+. The standard InChI is InChI=1S/C16H25N3O5S/c1-13(20)18-15-12-14(4-5-16(15)23-2)25(21,22)17-6-3-7-19-8-10-24-11-9-19/h4-5,12,17H,3,6-11H2,1-2H3,(H,18,20)/p+1. The number of quaternary nitrogens is 1. The zero-order valence-electron chi connectivity index (χ0n) is 14.6. The van der Waals surface area contributed by atoms with E-state index in [-0.39, 0.29) is 10.8 Å². The fourth-order valence-electron chi connectivity index (χ4n) is 2.68. The van der Waals surface area contributed by atoms with Gasteiger partial charge in [0, 0.05) is 19.9 Å². The zero-order valence-corrected chi connectivity index (χ0v) is 15.4. The number of morpholine rings is 1. The molecule has 1 aromatic carbocycles. The molecule has 0 atom stereocenters. The van der Waals surface area contributed by atoms with E-state index in [4.69, 9.17) is 9.47 Å². The molecule has 1 aliphatic heterocycles. The van der Waals surface area contributed by atoms with E-state index in [1.54, 1.807) is 0 Å². The summed E-state index contributed by atoms with van der Waals surface area (Å²) in [6.45, 7) is 6.08. The smallest absolute Gasteiger partial charge is 0.240 e. The summed E-state index contributed by atoms with van der Waals surface area (Å²) in [6, 6.07) is 4.38. The highest BCUT2D eigenvalue weighted by Crippen LogP contribution is 2.27. The Hall–Kier alpha value is -1.68. The number of benzene rings is 1. The Morgan fingerprint density at radius 2 is 2.04 bits per heavy atom. The molecule has 1 amide bonds. The lowest BCUT2D eigenvalue weighted by Crippen LogP contribution is -3.14. The first-order valence-electron chi connectivity index (χ1n) is 8.29. The van der Waals surface area contributed by atoms with Gasteiger partial charge in [-0.25, -0.2) is 13.1 Å². The highest BCUT2D eigenvalue weighted by Gasteiger charge is 2.18. The van der Waals surface area contributed by atoms with Gasteiger partial charge >= 0.3 is 0 Å². The number of hydrogen-bond donors (Lipinski definition) is 3. The van der Waals surface area contributed by atoms with E-state index in [2.05, 4.69) is 10.0 Å². The summed E-state index contributed by atoms with van der Waals surface area (Å²) in [5, 5.41) is 2.58. The molecule has 1 saturated heterocycles. The van der Waals surface area contributed by atoms with E-state index >= 15 is 0 Å². The normalized spacial score (nSPS) is 15.8. The van der Waals surface area contributed by atoms with Gasteiger partial charge in [0.05, 0.1) is 37.5 Å². The second-order valence-corrected chi connectivity index (χ2v) is 7.67. The van der Waals surface area contributed by atoms with Crippen molar-refractivity contribution in [2.24, 2.45) is 0 Å². The molecule has 0 bridgehead atoms. The maximum atomic E-state index is 12.4. The predicted octanol–water partition coefficient (Wildman–Crippen LogP) is -0.763. The van der Waals surface area contributed by atoms with Gasteiger partial charge in [0.15, 0.2) is 0 Å². The minimum atomic E-state index is -3.64. The Bertz CT molecular complexity index is 687. The summed E-state index contributed by atoms with van der Waals surface area (Å²) in [6.07, 6.45) is 0.753. The van der Waals surface area contributed by atoms with Crippen molar-refractivity contribution in [3.8, 4) is 5.75 Å². The quantitative estimate of drug-likeness (QED) is 0.521. The number of nitrogens with one attached hydrogen (secondary N) is 3. The molecule has 1 aliphatic rings. The lowest BCUT2D eigenvalue weighted by Gasteiger charge is -2.23. The molecule has 8 nitrogen and oxygen atoms in total. The van der Waals surface area contributed by atoms with Crippen LogP contribution in [0.5, 0.6) is 5.75 Å². The molecule has 0 unspecified atom stereocenters. The predicted molar refractivity (Wildman–Crippen MR) is 93.5 cm³/mol. The minimum absolute atomic E-state index is 0.0933. The molecule has 25 heavy (non-hydrogen) atoms. The van der Waals surface area contributed by atoms with E-state index in [9.17, 15) is 13.2 Å². The Balaban J connectivity index is 1.94. The monoisotopic (exact) mass is 372 g/mol. The maximum absolute atomic E-state index is 12.4. The van der Waals surface area contributed by atoms with Crippen LogP contribution in [0, 0.1) is 0 Å². The number of hydrogen-bond acceptors (Lipinski definition) is 5. The van der Waals surface area contributed by atoms with Crippen LogP contribution in [0.2, 0.25) is 0 Å². The fourth-order valence-corrected chi connectivity index (χ4v) is 3.78. The average Bonchev–Trinajstić information content (AvgIpc) is 2.59. The minimum Gasteiger partial charge on any atom is -0.495 e. The molecule has 1 aromatic rings. The van der Waals surface area contributed by atoms with E-state index in [1.165, 1.54) is 37.1 Å². The average molecular weight is 372 g/mol. The van der Waals surface area contributed by atoms with Gasteiger partial charge in [-0.05, 0) is 18.2 Å². The van der Waals surface area contributed by atoms with E-state index in [1.807, 2.05) is 0 Å². The summed E-state index contributed by atoms with van der Waals surface area (Å²) in [5.41, 5.74) is 0.329. The third-order valence-electron chi connectivity index (χ3n) is 3.99. The van der Waals surface area contributed by atoms with Crippen molar-refractivity contribution in [1.82, 2.24) is 4.72 Å². The van der Waals surface area contributed by atoms with Crippen molar-refractivity contribution in [3.63, 3.8) is 0 Å². The Morgan fingerprint density at radius 1 is 1.32 bits per heavy atom. The topological polar surface area (TPSA) is 98.2 Å². The molecule has 2 rings (SSSR count). The van der Waals surface area contributed by atoms with Crippen molar-refractivity contribution < 1.29 is 27.6 Å². The highest BCUT2D eigenvalue weighted by molar-refractivity contribution is 7.89. The van der Waals surface area contributed by atoms with Crippen LogP contribution in [0.4, 0.5) is 5.69 Å². The molecule has 1 heterocycles. The van der Waals surface area contributed by atoms with Crippen molar-refractivity contribution in [1.29, 1.82) is 0 Å². The van der Waals surface area contributed by atoms with Crippen LogP contribution in [-0.4, -0.2) is 60.8 Å². The van der Waals surface area contributed by atoms with E-state index in [0.29, 0.717) is 18.0 Å². The van der Waals surface area contributed by atoms with Crippen LogP contribution in [0.25, 0.3) is 0 Å². The second-order valence-electron chi connectivity index (χ2n) is 5.91. The summed E-state index contributed by atoms with van der Waals surface area (Å²) in [5.74, 6) is 0.111. The van der Waals surface area contributed by atoms with E-state index in [0.717, 1.165) is 39.3 Å². The number of amides is 1. The van der Waals surface area contributed by atoms with Gasteiger partial charge in [0.1, 0.15) is 18.8 Å². The van der Waals surface area contributed by atoms with Gasteiger partial charge < -0.3 is 19.7 Å². The molecule has 0 aliphatic carbocycles. The fraction of sp³-hybridized carbons (Fsp3) is 0.562. The molecule has 140 valence electrons. The molecule has 0 aromatic heterocycles. The first-order chi connectivity index (χ1) is 11.9. The van der Waals surface area contributed by atoms with Crippen LogP contribution in [0.15, 0.2) is 23.1 Å². The summed E-state index contributed by atoms with van der Waals surface area (Å²) < 4.78 is 37.9. The molecule has 0 spiro atoms. The molecular weight excluding hydrogens is 346 g/mol. The highest BCUT2D eigenvalue weighted by atomic mass is 32.2. The van der Waals surface area contributed by atoms with Crippen LogP contribution in [0.3, 0.4) is 0 Å². The maximum Gasteiger partial charge on any atom is 0.240 e. The number of ether oxygens (including phenoxy) is 2. The number of carbonyl (C=O) groups is 1. The number of sulfonamides is 1. The number of methoxy groups -OCH3 is 1. The lowest BCUT2D eigenvalue weighted by molar-refractivity contribution is -0.908. The van der Waals surface area contributed by atoms with Crippen molar-refractivity contribution in [2.45, 2.75) is 18.2 Å². The first kappa shape index (κ1) is 19.6. The van der Waals surface area contributed by atoms with Gasteiger partial charge in [-0.2, -0.15) is 0 Å². The SMILES string of the molecule is COc1ccc(S(=O)(=O)NCCC[NH+]2CCOCC2)cc1NC(C)=O. The number of anilines is 1. The Labute approximate surface area is 148 Å². The molecule has 1 fully saturated rings. The Kier molecular flexibility index (Phi) is 7.18. The second kappa shape index (κ2) is 9.14. The van der Waals surface area contributed by atoms with Gasteiger partial charge in [-0.1, -0.05) is 0 Å². The summed E-state index contributed by atoms with van der Waals surface area (Å²) >= 11 is 0. The third-order valence-corrected chi connectivity index (χ3v) is 5.45. The van der Waals surface area contributed by atoms with Crippen LogP contribution in [0.1, 0.15) is 13.3 Å². The van der Waals surface area contributed by atoms with Crippen molar-refractivity contribution in [2.75, 3.05) is 51.8 Å². The van der Waals surface area contributed by atoms with Gasteiger partial charge in [0.2, 0.25) is 15.9 Å². The van der Waals surface area contributed by atoms with Crippen molar-refractivity contribution in [3.05, 3.63) is 18.2 Å². The first-order valence-corrected chi connectivity index (χ1v) is 9.77. The van der Waals surface area contributed by atoms with Gasteiger partial charge in [-0.3, -0.25) is 4.79 Å². The lowest BCUT2D eigenvalue weighted by atomic mass is 10.3. The van der Waals surface area contributed by atoms with Crippen LogP contribution < -0.4 is 19.7 Å². The molecule has 9 heteroatoms. The molecule has 0 saturated carbocycles. The number of carbonyl (C=O) groups excluding carboxylic acids is 1. The van der Waals surface area contributed by atoms with Gasteiger partial charge in [0.25, 0.3) is 0 Å². The van der Waals surface area contributed by atoms with Crippen molar-refractivity contribution >= 4 is 21.6 Å². The molecule has 0 radical (unpaired) electrons. The largest absolute Gasteiger partial charge is 0.495 e. The van der Waals surface area contributed by atoms with E-state index < -0.39 is 10.0 Å². The molecule has 3 N–H and O–H groups in total. The third kappa shape index (κ3) is 5.96. The van der Waals surface area contributed by atoms with Gasteiger partial charge in [-0.15, -0.1) is 0 Å². The summed E-state index contributed by atoms with van der Waals surface area (Å²) in [4.78, 5) is 12.8. The summed E-state index contributed by atoms with van der Waals surface area (Å²) in [7, 11) is -2.18. The number of rotatable bonds is 8. The Morgan fingerprint density at radius 3 is 2.68 bits per heavy atom. The van der Waals surface area contributed by atoms with Crippen LogP contribution >= 0.6 is 0 Å². The van der Waals surface area contributed by atoms with Crippen LogP contribution in [-0.2, 0) is 19.6 Å².